The van der Waals surface area contributed by atoms with E-state index in [2.05, 4.69) is 36.9 Å². The van der Waals surface area contributed by atoms with Gasteiger partial charge in [0.2, 0.25) is 0 Å². The number of halogens is 3. The summed E-state index contributed by atoms with van der Waals surface area (Å²) in [6.07, 6.45) is 1.19. The molecule has 7 nitrogen and oxygen atoms in total. The van der Waals surface area contributed by atoms with Crippen LogP contribution in [0.15, 0.2) is 60.3 Å². The lowest BCUT2D eigenvalue weighted by Gasteiger charge is -2.26. The van der Waals surface area contributed by atoms with Crippen molar-refractivity contribution in [3.05, 3.63) is 86.4 Å². The molecule has 0 saturated carbocycles. The maximum absolute atomic E-state index is 13.8. The van der Waals surface area contributed by atoms with E-state index in [1.54, 1.807) is 45.0 Å². The summed E-state index contributed by atoms with van der Waals surface area (Å²) in [5.74, 6) is -0.115. The van der Waals surface area contributed by atoms with Crippen LogP contribution in [-0.2, 0) is 9.53 Å². The summed E-state index contributed by atoms with van der Waals surface area (Å²) in [6, 6.07) is 7.66. The fourth-order valence-corrected chi connectivity index (χ4v) is 6.16. The first kappa shape index (κ1) is 26.7. The fourth-order valence-electron chi connectivity index (χ4n) is 3.91. The van der Waals surface area contributed by atoms with Crippen molar-refractivity contribution in [2.24, 2.45) is 4.99 Å². The molecule has 2 aromatic carbocycles. The van der Waals surface area contributed by atoms with Gasteiger partial charge in [0, 0.05) is 20.6 Å². The van der Waals surface area contributed by atoms with E-state index >= 15 is 0 Å². The average molecular weight is 657 g/mol. The number of rotatable bonds is 5. The van der Waals surface area contributed by atoms with Gasteiger partial charge in [-0.15, -0.1) is 0 Å². The van der Waals surface area contributed by atoms with Gasteiger partial charge in [0.1, 0.15) is 17.5 Å². The number of ether oxygens (including phenoxy) is 2. The molecule has 4 rings (SSSR count). The highest BCUT2D eigenvalue weighted by Crippen LogP contribution is 2.37. The zero-order chi connectivity index (χ0) is 26.3. The number of phenols is 1. The fraction of sp³-hybridized carbons (Fsp3) is 0.240. The van der Waals surface area contributed by atoms with E-state index < -0.39 is 12.0 Å². The SMILES string of the molecule is COc1ccc(Br)cc1[C@@H]1C(C(=O)OC(C)C)=C(C)N=c2s/c(=C\c3cc(Cl)cc(Br)c3O)c(=O)n21. The van der Waals surface area contributed by atoms with Crippen LogP contribution in [0.2, 0.25) is 5.02 Å². The Bertz CT molecular complexity index is 1590. The van der Waals surface area contributed by atoms with Crippen molar-refractivity contribution >= 4 is 66.8 Å². The first-order chi connectivity index (χ1) is 17.0. The number of benzene rings is 2. The maximum atomic E-state index is 13.8. The van der Waals surface area contributed by atoms with Crippen LogP contribution < -0.4 is 19.6 Å². The highest BCUT2D eigenvalue weighted by Gasteiger charge is 2.35. The third kappa shape index (κ3) is 5.04. The predicted molar refractivity (Wildman–Crippen MR) is 147 cm³/mol. The van der Waals surface area contributed by atoms with E-state index in [1.165, 1.54) is 11.7 Å². The van der Waals surface area contributed by atoms with Gasteiger partial charge >= 0.3 is 5.97 Å². The molecule has 0 unspecified atom stereocenters. The number of aromatic nitrogens is 1. The van der Waals surface area contributed by atoms with Gasteiger partial charge in [0.15, 0.2) is 4.80 Å². The van der Waals surface area contributed by atoms with E-state index in [4.69, 9.17) is 21.1 Å². The number of allylic oxidation sites excluding steroid dienone is 1. The Hall–Kier alpha value is -2.40. The molecule has 0 bridgehead atoms. The molecule has 3 aromatic rings. The molecule has 188 valence electrons. The molecule has 0 amide bonds. The minimum Gasteiger partial charge on any atom is -0.506 e. The highest BCUT2D eigenvalue weighted by molar-refractivity contribution is 9.10. The van der Waals surface area contributed by atoms with Gasteiger partial charge in [0.25, 0.3) is 5.56 Å². The molecule has 0 saturated heterocycles. The third-order valence-electron chi connectivity index (χ3n) is 5.41. The predicted octanol–water partition coefficient (Wildman–Crippen LogP) is 5.08. The molecular weight excluding hydrogens is 636 g/mol. The largest absolute Gasteiger partial charge is 0.506 e. The second kappa shape index (κ2) is 10.5. The molecule has 0 radical (unpaired) electrons. The van der Waals surface area contributed by atoms with E-state index in [0.29, 0.717) is 41.4 Å². The average Bonchev–Trinajstić information content (AvgIpc) is 3.10. The first-order valence-corrected chi connectivity index (χ1v) is 13.5. The molecule has 2 heterocycles. The summed E-state index contributed by atoms with van der Waals surface area (Å²) in [5, 5.41) is 10.9. The van der Waals surface area contributed by atoms with Crippen molar-refractivity contribution in [2.45, 2.75) is 32.9 Å². The lowest BCUT2D eigenvalue weighted by atomic mass is 9.95. The molecule has 1 aliphatic rings. The number of phenolic OH excluding ortho intramolecular Hbond substituents is 1. The van der Waals surface area contributed by atoms with Crippen LogP contribution in [-0.4, -0.2) is 28.9 Å². The number of thiazole rings is 1. The number of carbonyl (C=O) groups excluding carboxylic acids is 1. The molecule has 0 fully saturated rings. The second-order valence-electron chi connectivity index (χ2n) is 8.25. The van der Waals surface area contributed by atoms with Gasteiger partial charge in [0.05, 0.1) is 33.5 Å². The lowest BCUT2D eigenvalue weighted by molar-refractivity contribution is -0.143. The van der Waals surface area contributed by atoms with Gasteiger partial charge in [-0.05, 0) is 73.1 Å². The number of aromatic hydroxyl groups is 1. The topological polar surface area (TPSA) is 90.1 Å². The second-order valence-corrected chi connectivity index (χ2v) is 11.5. The van der Waals surface area contributed by atoms with Crippen molar-refractivity contribution in [2.75, 3.05) is 7.11 Å². The number of hydrogen-bond donors (Lipinski definition) is 1. The number of esters is 1. The number of methoxy groups -OCH3 is 1. The Labute approximate surface area is 232 Å². The first-order valence-electron chi connectivity index (χ1n) is 10.8. The normalized spacial score (nSPS) is 15.7. The number of hydrogen-bond acceptors (Lipinski definition) is 7. The third-order valence-corrected chi connectivity index (χ3v) is 7.71. The van der Waals surface area contributed by atoms with Crippen molar-refractivity contribution in [1.29, 1.82) is 0 Å². The van der Waals surface area contributed by atoms with Crippen LogP contribution in [0.25, 0.3) is 6.08 Å². The Balaban J connectivity index is 2.03. The van der Waals surface area contributed by atoms with Crippen LogP contribution in [0.3, 0.4) is 0 Å². The van der Waals surface area contributed by atoms with Crippen molar-refractivity contribution < 1.29 is 19.4 Å². The summed E-state index contributed by atoms with van der Waals surface area (Å²) >= 11 is 14.1. The monoisotopic (exact) mass is 654 g/mol. The number of fused-ring (bicyclic) bond motifs is 1. The molecular formula is C25H21Br2ClN2O5S. The van der Waals surface area contributed by atoms with Gasteiger partial charge in [-0.25, -0.2) is 9.79 Å². The van der Waals surface area contributed by atoms with Gasteiger partial charge < -0.3 is 14.6 Å². The van der Waals surface area contributed by atoms with Crippen LogP contribution in [0.1, 0.15) is 37.9 Å². The Morgan fingerprint density at radius 1 is 1.28 bits per heavy atom. The number of carbonyl (C=O) groups is 1. The van der Waals surface area contributed by atoms with E-state index in [-0.39, 0.29) is 23.0 Å². The van der Waals surface area contributed by atoms with Crippen molar-refractivity contribution in [1.82, 2.24) is 4.57 Å². The quantitative estimate of drug-likeness (QED) is 0.387. The summed E-state index contributed by atoms with van der Waals surface area (Å²) in [6.45, 7) is 5.23. The van der Waals surface area contributed by atoms with E-state index in [1.807, 2.05) is 12.1 Å². The minimum absolute atomic E-state index is 0.0483. The minimum atomic E-state index is -0.846. The molecule has 36 heavy (non-hydrogen) atoms. The van der Waals surface area contributed by atoms with Crippen LogP contribution >= 0.6 is 54.8 Å². The smallest absolute Gasteiger partial charge is 0.338 e. The Morgan fingerprint density at radius 3 is 2.67 bits per heavy atom. The Kier molecular flexibility index (Phi) is 7.80. The summed E-state index contributed by atoms with van der Waals surface area (Å²) in [7, 11) is 1.53. The van der Waals surface area contributed by atoms with Gasteiger partial charge in [-0.3, -0.25) is 9.36 Å². The van der Waals surface area contributed by atoms with Crippen molar-refractivity contribution in [3.8, 4) is 11.5 Å². The van der Waals surface area contributed by atoms with E-state index in [0.717, 1.165) is 15.8 Å². The summed E-state index contributed by atoms with van der Waals surface area (Å²) in [5.41, 5.74) is 1.26. The lowest BCUT2D eigenvalue weighted by Crippen LogP contribution is -2.40. The highest BCUT2D eigenvalue weighted by atomic mass is 79.9. The molecule has 0 aliphatic carbocycles. The van der Waals surface area contributed by atoms with Crippen LogP contribution in [0.4, 0.5) is 0 Å². The van der Waals surface area contributed by atoms with E-state index in [9.17, 15) is 14.7 Å². The maximum Gasteiger partial charge on any atom is 0.338 e. The summed E-state index contributed by atoms with van der Waals surface area (Å²) in [4.78, 5) is 32.0. The van der Waals surface area contributed by atoms with Gasteiger partial charge in [-0.1, -0.05) is 38.9 Å². The zero-order valence-electron chi connectivity index (χ0n) is 19.6. The summed E-state index contributed by atoms with van der Waals surface area (Å²) < 4.78 is 14.1. The zero-order valence-corrected chi connectivity index (χ0v) is 24.4. The number of nitrogens with zero attached hydrogens (tertiary/aromatic N) is 2. The molecule has 1 aromatic heterocycles. The van der Waals surface area contributed by atoms with Crippen LogP contribution in [0, 0.1) is 0 Å². The van der Waals surface area contributed by atoms with Gasteiger partial charge in [-0.2, -0.15) is 0 Å². The van der Waals surface area contributed by atoms with Crippen molar-refractivity contribution in [3.63, 3.8) is 0 Å². The van der Waals surface area contributed by atoms with Crippen LogP contribution in [0.5, 0.6) is 11.5 Å². The molecule has 1 aliphatic heterocycles. The molecule has 0 spiro atoms. The molecule has 11 heteroatoms. The molecule has 1 N–H and O–H groups in total. The molecule has 1 atom stereocenters. The standard InChI is InChI=1S/C25H21Br2ClN2O5S/c1-11(2)35-24(33)20-12(3)29-25-30(21(20)16-9-14(26)5-6-18(16)34-4)23(32)19(36-25)8-13-7-15(28)10-17(27)22(13)31/h5-11,21,31H,1-4H3/b19-8-/t21-/m1/s1. The Morgan fingerprint density at radius 2 is 2.00 bits per heavy atom.